The van der Waals surface area contributed by atoms with Gasteiger partial charge in [0.25, 0.3) is 0 Å². The van der Waals surface area contributed by atoms with Crippen molar-refractivity contribution in [3.05, 3.63) is 23.8 Å². The van der Waals surface area contributed by atoms with Crippen LogP contribution in [0.1, 0.15) is 27.7 Å². The average molecular weight is 166 g/mol. The summed E-state index contributed by atoms with van der Waals surface area (Å²) in [4.78, 5) is 0. The Balaban J connectivity index is 2.84. The average Bonchev–Trinajstić information content (AvgIpc) is 1.92. The van der Waals surface area contributed by atoms with E-state index in [0.29, 0.717) is 0 Å². The lowest BCUT2D eigenvalue weighted by Crippen LogP contribution is -2.20. The van der Waals surface area contributed by atoms with Gasteiger partial charge in [0.05, 0.1) is 6.10 Å². The van der Waals surface area contributed by atoms with Crippen molar-refractivity contribution in [3.63, 3.8) is 0 Å². The van der Waals surface area contributed by atoms with Gasteiger partial charge >= 0.3 is 0 Å². The highest BCUT2D eigenvalue weighted by atomic mass is 16.3. The highest BCUT2D eigenvalue weighted by molar-refractivity contribution is 5.30. The van der Waals surface area contributed by atoms with Gasteiger partial charge in [0.2, 0.25) is 0 Å². The van der Waals surface area contributed by atoms with E-state index in [4.69, 9.17) is 0 Å². The SMILES string of the molecule is CC1C=C(C(C)(C)C)C=CC1O. The van der Waals surface area contributed by atoms with Crippen molar-refractivity contribution in [3.8, 4) is 0 Å². The third kappa shape index (κ3) is 1.98. The second-order valence-electron chi connectivity index (χ2n) is 4.58. The van der Waals surface area contributed by atoms with E-state index >= 15 is 0 Å². The van der Waals surface area contributed by atoms with E-state index in [9.17, 15) is 5.11 Å². The first-order chi connectivity index (χ1) is 5.41. The summed E-state index contributed by atoms with van der Waals surface area (Å²) in [6, 6.07) is 0. The van der Waals surface area contributed by atoms with Crippen LogP contribution in [0.3, 0.4) is 0 Å². The first kappa shape index (κ1) is 9.53. The van der Waals surface area contributed by atoms with Gasteiger partial charge in [0.1, 0.15) is 0 Å². The van der Waals surface area contributed by atoms with Gasteiger partial charge in [-0.2, -0.15) is 0 Å². The molecule has 2 atom stereocenters. The monoisotopic (exact) mass is 166 g/mol. The maximum Gasteiger partial charge on any atom is 0.0784 e. The molecule has 0 radical (unpaired) electrons. The molecule has 0 bridgehead atoms. The summed E-state index contributed by atoms with van der Waals surface area (Å²) in [6.45, 7) is 8.61. The number of rotatable bonds is 0. The minimum Gasteiger partial charge on any atom is -0.388 e. The zero-order valence-electron chi connectivity index (χ0n) is 8.33. The number of hydrogen-bond donors (Lipinski definition) is 1. The molecule has 0 heterocycles. The number of aliphatic hydroxyl groups is 1. The molecule has 0 saturated carbocycles. The summed E-state index contributed by atoms with van der Waals surface area (Å²) in [5.41, 5.74) is 1.52. The van der Waals surface area contributed by atoms with Crippen molar-refractivity contribution in [1.29, 1.82) is 0 Å². The molecule has 1 rings (SSSR count). The van der Waals surface area contributed by atoms with E-state index < -0.39 is 0 Å². The van der Waals surface area contributed by atoms with Crippen LogP contribution in [-0.2, 0) is 0 Å². The molecule has 68 valence electrons. The molecule has 0 spiro atoms. The van der Waals surface area contributed by atoms with Gasteiger partial charge in [-0.3, -0.25) is 0 Å². The van der Waals surface area contributed by atoms with Crippen molar-refractivity contribution in [2.24, 2.45) is 11.3 Å². The predicted molar refractivity (Wildman–Crippen MR) is 51.8 cm³/mol. The Kier molecular flexibility index (Phi) is 2.43. The Bertz CT molecular complexity index is 218. The third-order valence-corrected chi connectivity index (χ3v) is 2.32. The smallest absolute Gasteiger partial charge is 0.0784 e. The van der Waals surface area contributed by atoms with Crippen molar-refractivity contribution in [1.82, 2.24) is 0 Å². The molecule has 1 N–H and O–H groups in total. The zero-order valence-corrected chi connectivity index (χ0v) is 8.33. The highest BCUT2D eigenvalue weighted by Gasteiger charge is 2.20. The van der Waals surface area contributed by atoms with Crippen molar-refractivity contribution in [2.45, 2.75) is 33.8 Å². The fourth-order valence-electron chi connectivity index (χ4n) is 1.31. The molecular formula is C11H18O. The molecule has 0 aromatic carbocycles. The number of aliphatic hydroxyl groups excluding tert-OH is 1. The lowest BCUT2D eigenvalue weighted by Gasteiger charge is -2.26. The van der Waals surface area contributed by atoms with Crippen LogP contribution in [0.5, 0.6) is 0 Å². The van der Waals surface area contributed by atoms with E-state index in [1.165, 1.54) is 5.57 Å². The molecule has 1 aliphatic carbocycles. The van der Waals surface area contributed by atoms with E-state index in [0.717, 1.165) is 0 Å². The second kappa shape index (κ2) is 3.06. The summed E-state index contributed by atoms with van der Waals surface area (Å²) >= 11 is 0. The largest absolute Gasteiger partial charge is 0.388 e. The molecule has 0 aliphatic heterocycles. The molecule has 2 unspecified atom stereocenters. The van der Waals surface area contributed by atoms with Gasteiger partial charge < -0.3 is 5.11 Å². The maximum absolute atomic E-state index is 9.43. The van der Waals surface area contributed by atoms with Crippen molar-refractivity contribution < 1.29 is 5.11 Å². The summed E-state index contributed by atoms with van der Waals surface area (Å²) < 4.78 is 0. The molecule has 0 amide bonds. The first-order valence-electron chi connectivity index (χ1n) is 4.50. The Morgan fingerprint density at radius 3 is 2.33 bits per heavy atom. The molecular weight excluding hydrogens is 148 g/mol. The van der Waals surface area contributed by atoms with Gasteiger partial charge in [-0.1, -0.05) is 45.9 Å². The van der Waals surface area contributed by atoms with Gasteiger partial charge in [0.15, 0.2) is 0 Å². The van der Waals surface area contributed by atoms with E-state index in [2.05, 4.69) is 26.8 Å². The molecule has 1 nitrogen and oxygen atoms in total. The number of hydrogen-bond acceptors (Lipinski definition) is 1. The van der Waals surface area contributed by atoms with E-state index in [1.54, 1.807) is 0 Å². The summed E-state index contributed by atoms with van der Waals surface area (Å²) in [5.74, 6) is 0.254. The van der Waals surface area contributed by atoms with Crippen molar-refractivity contribution >= 4 is 0 Å². The quantitative estimate of drug-likeness (QED) is 0.586. The molecule has 1 heteroatoms. The molecule has 0 aromatic heterocycles. The van der Waals surface area contributed by atoms with Gasteiger partial charge in [0, 0.05) is 5.92 Å². The van der Waals surface area contributed by atoms with Crippen molar-refractivity contribution in [2.75, 3.05) is 0 Å². The minimum atomic E-state index is -0.295. The Hall–Kier alpha value is -0.560. The van der Waals surface area contributed by atoms with E-state index in [-0.39, 0.29) is 17.4 Å². The molecule has 0 saturated heterocycles. The first-order valence-corrected chi connectivity index (χ1v) is 4.50. The lowest BCUT2D eigenvalue weighted by atomic mass is 9.81. The van der Waals surface area contributed by atoms with Crippen LogP contribution < -0.4 is 0 Å². The van der Waals surface area contributed by atoms with Crippen LogP contribution in [0, 0.1) is 11.3 Å². The van der Waals surface area contributed by atoms with Crippen LogP contribution in [0.4, 0.5) is 0 Å². The lowest BCUT2D eigenvalue weighted by molar-refractivity contribution is 0.181. The topological polar surface area (TPSA) is 20.2 Å². The van der Waals surface area contributed by atoms with E-state index in [1.807, 2.05) is 19.1 Å². The minimum absolute atomic E-state index is 0.199. The number of allylic oxidation sites excluding steroid dienone is 2. The second-order valence-corrected chi connectivity index (χ2v) is 4.58. The van der Waals surface area contributed by atoms with Gasteiger partial charge in [-0.15, -0.1) is 0 Å². The van der Waals surface area contributed by atoms with Gasteiger partial charge in [-0.25, -0.2) is 0 Å². The fourth-order valence-corrected chi connectivity index (χ4v) is 1.31. The van der Waals surface area contributed by atoms with Crippen LogP contribution >= 0.6 is 0 Å². The Morgan fingerprint density at radius 2 is 1.92 bits per heavy atom. The predicted octanol–water partition coefficient (Wildman–Crippen LogP) is 2.53. The Labute approximate surface area is 74.8 Å². The Morgan fingerprint density at radius 1 is 1.33 bits per heavy atom. The highest BCUT2D eigenvalue weighted by Crippen LogP contribution is 2.30. The van der Waals surface area contributed by atoms with Crippen LogP contribution in [-0.4, -0.2) is 11.2 Å². The maximum atomic E-state index is 9.43. The summed E-state index contributed by atoms with van der Waals surface area (Å²) in [7, 11) is 0. The fraction of sp³-hybridized carbons (Fsp3) is 0.636. The van der Waals surface area contributed by atoms with Crippen LogP contribution in [0.15, 0.2) is 23.8 Å². The molecule has 0 fully saturated rings. The normalized spacial score (nSPS) is 30.2. The molecule has 12 heavy (non-hydrogen) atoms. The molecule has 1 aliphatic rings. The third-order valence-electron chi connectivity index (χ3n) is 2.32. The summed E-state index contributed by atoms with van der Waals surface area (Å²) in [6.07, 6.45) is 5.77. The van der Waals surface area contributed by atoms with Gasteiger partial charge in [-0.05, 0) is 11.0 Å². The molecule has 0 aromatic rings. The zero-order chi connectivity index (χ0) is 9.35. The summed E-state index contributed by atoms with van der Waals surface area (Å²) in [5, 5.41) is 9.43. The van der Waals surface area contributed by atoms with Crippen LogP contribution in [0.2, 0.25) is 0 Å². The standard InChI is InChI=1S/C11H18O/c1-8-7-9(11(2,3)4)5-6-10(8)12/h5-8,10,12H,1-4H3. The van der Waals surface area contributed by atoms with Crippen LogP contribution in [0.25, 0.3) is 0 Å².